The van der Waals surface area contributed by atoms with Gasteiger partial charge in [-0.25, -0.2) is 0 Å². The maximum atomic E-state index is 11.3. The summed E-state index contributed by atoms with van der Waals surface area (Å²) >= 11 is 0. The Morgan fingerprint density at radius 2 is 1.72 bits per heavy atom. The first-order valence-corrected chi connectivity index (χ1v) is 7.40. The van der Waals surface area contributed by atoms with Crippen LogP contribution in [0.4, 0.5) is 0 Å². The van der Waals surface area contributed by atoms with E-state index in [2.05, 4.69) is 37.5 Å². The van der Waals surface area contributed by atoms with Gasteiger partial charge in [0.05, 0.1) is 0 Å². The molecule has 0 radical (unpaired) electrons. The monoisotopic (exact) mass is 254 g/mol. The van der Waals surface area contributed by atoms with Gasteiger partial charge in [-0.15, -0.1) is 0 Å². The minimum absolute atomic E-state index is 0.144. The summed E-state index contributed by atoms with van der Waals surface area (Å²) in [7, 11) is 0. The van der Waals surface area contributed by atoms with E-state index < -0.39 is 0 Å². The van der Waals surface area contributed by atoms with Crippen LogP contribution in [0.2, 0.25) is 0 Å². The smallest absolute Gasteiger partial charge is 0.127 e. The van der Waals surface area contributed by atoms with Crippen LogP contribution in [0.3, 0.4) is 0 Å². The lowest BCUT2D eigenvalue weighted by Crippen LogP contribution is -2.50. The number of nitrogens with zero attached hydrogens (tertiary/aromatic N) is 2. The summed E-state index contributed by atoms with van der Waals surface area (Å²) in [6.07, 6.45) is 3.25. The van der Waals surface area contributed by atoms with Gasteiger partial charge < -0.3 is 9.69 Å². The zero-order valence-electron chi connectivity index (χ0n) is 12.6. The van der Waals surface area contributed by atoms with Crippen LogP contribution in [0.1, 0.15) is 40.5 Å². The van der Waals surface area contributed by atoms with Crippen molar-refractivity contribution in [1.82, 2.24) is 9.80 Å². The normalized spacial score (nSPS) is 22.1. The van der Waals surface area contributed by atoms with Crippen molar-refractivity contribution < 1.29 is 4.79 Å². The number of carbonyl (C=O) groups is 1. The molecule has 0 aliphatic carbocycles. The van der Waals surface area contributed by atoms with E-state index in [0.717, 1.165) is 57.8 Å². The highest BCUT2D eigenvalue weighted by Crippen LogP contribution is 2.22. The Hall–Kier alpha value is -0.410. The van der Waals surface area contributed by atoms with Gasteiger partial charge >= 0.3 is 0 Å². The molecule has 0 aromatic heterocycles. The highest BCUT2D eigenvalue weighted by molar-refractivity contribution is 5.59. The fraction of sp³-hybridized carbons (Fsp3) is 0.933. The Labute approximate surface area is 113 Å². The largest absolute Gasteiger partial charge is 0.303 e. The number of hydrogen-bond donors (Lipinski definition) is 0. The number of hydrogen-bond acceptors (Lipinski definition) is 3. The second-order valence-corrected chi connectivity index (χ2v) is 6.49. The molecular formula is C15H30N2O. The van der Waals surface area contributed by atoms with E-state index in [1.165, 1.54) is 6.54 Å². The maximum absolute atomic E-state index is 11.3. The minimum atomic E-state index is -0.144. The fourth-order valence-electron chi connectivity index (χ4n) is 2.90. The topological polar surface area (TPSA) is 23.6 Å². The number of piperazine rings is 1. The zero-order valence-corrected chi connectivity index (χ0v) is 12.6. The van der Waals surface area contributed by atoms with Gasteiger partial charge in [-0.2, -0.15) is 0 Å². The summed E-state index contributed by atoms with van der Waals surface area (Å²) in [5, 5.41) is 0. The number of carbonyl (C=O) groups excluding carboxylic acids is 1. The van der Waals surface area contributed by atoms with Crippen LogP contribution in [-0.4, -0.2) is 55.4 Å². The van der Waals surface area contributed by atoms with Crippen LogP contribution in [0.15, 0.2) is 0 Å². The zero-order chi connectivity index (χ0) is 13.6. The van der Waals surface area contributed by atoms with Crippen molar-refractivity contribution in [2.75, 3.05) is 39.3 Å². The summed E-state index contributed by atoms with van der Waals surface area (Å²) in [6, 6.07) is 0. The van der Waals surface area contributed by atoms with Gasteiger partial charge in [0.1, 0.15) is 6.29 Å². The molecule has 3 nitrogen and oxygen atoms in total. The summed E-state index contributed by atoms with van der Waals surface area (Å²) in [4.78, 5) is 16.3. The summed E-state index contributed by atoms with van der Waals surface area (Å²) in [5.74, 6) is 0.747. The molecule has 0 aromatic carbocycles. The van der Waals surface area contributed by atoms with E-state index >= 15 is 0 Å². The van der Waals surface area contributed by atoms with E-state index in [1.807, 2.05) is 0 Å². The van der Waals surface area contributed by atoms with Crippen LogP contribution in [0.5, 0.6) is 0 Å². The Balaban J connectivity index is 2.36. The first kappa shape index (κ1) is 15.6. The van der Waals surface area contributed by atoms with E-state index in [9.17, 15) is 4.79 Å². The van der Waals surface area contributed by atoms with Crippen LogP contribution in [0, 0.1) is 11.3 Å². The lowest BCUT2D eigenvalue weighted by Gasteiger charge is -2.38. The Bertz CT molecular complexity index is 247. The molecule has 1 saturated heterocycles. The molecule has 1 rings (SSSR count). The Morgan fingerprint density at radius 1 is 1.17 bits per heavy atom. The van der Waals surface area contributed by atoms with Crippen molar-refractivity contribution >= 4 is 6.29 Å². The molecule has 1 aliphatic heterocycles. The van der Waals surface area contributed by atoms with Gasteiger partial charge in [-0.1, -0.05) is 34.1 Å². The SMILES string of the molecule is CCCC(C)(C=O)CN1CCN(CC(C)C)CC1. The Morgan fingerprint density at radius 3 is 2.17 bits per heavy atom. The fourth-order valence-corrected chi connectivity index (χ4v) is 2.90. The van der Waals surface area contributed by atoms with Crippen molar-refractivity contribution in [3.63, 3.8) is 0 Å². The van der Waals surface area contributed by atoms with Crippen LogP contribution in [0.25, 0.3) is 0 Å². The predicted molar refractivity (Wildman–Crippen MR) is 76.8 cm³/mol. The van der Waals surface area contributed by atoms with Gasteiger partial charge in [-0.3, -0.25) is 4.90 Å². The molecule has 3 heteroatoms. The van der Waals surface area contributed by atoms with Gasteiger partial charge in [0.2, 0.25) is 0 Å². The van der Waals surface area contributed by atoms with Crippen molar-refractivity contribution in [2.24, 2.45) is 11.3 Å². The molecule has 0 bridgehead atoms. The molecule has 0 aromatic rings. The summed E-state index contributed by atoms with van der Waals surface area (Å²) < 4.78 is 0. The highest BCUT2D eigenvalue weighted by Gasteiger charge is 2.27. The molecule has 1 atom stereocenters. The van der Waals surface area contributed by atoms with Crippen molar-refractivity contribution in [3.05, 3.63) is 0 Å². The van der Waals surface area contributed by atoms with E-state index in [-0.39, 0.29) is 5.41 Å². The average molecular weight is 254 g/mol. The van der Waals surface area contributed by atoms with E-state index in [4.69, 9.17) is 0 Å². The third-order valence-corrected chi connectivity index (χ3v) is 3.78. The Kier molecular flexibility index (Phi) is 6.30. The van der Waals surface area contributed by atoms with Crippen LogP contribution >= 0.6 is 0 Å². The first-order valence-electron chi connectivity index (χ1n) is 7.40. The molecule has 0 spiro atoms. The summed E-state index contributed by atoms with van der Waals surface area (Å²) in [6.45, 7) is 15.5. The van der Waals surface area contributed by atoms with E-state index in [0.29, 0.717) is 0 Å². The van der Waals surface area contributed by atoms with Crippen LogP contribution < -0.4 is 0 Å². The van der Waals surface area contributed by atoms with Gasteiger partial charge in [0, 0.05) is 44.7 Å². The lowest BCUT2D eigenvalue weighted by molar-refractivity contribution is -0.117. The summed E-state index contributed by atoms with van der Waals surface area (Å²) in [5.41, 5.74) is -0.144. The maximum Gasteiger partial charge on any atom is 0.127 e. The molecule has 1 heterocycles. The van der Waals surface area contributed by atoms with Crippen molar-refractivity contribution in [1.29, 1.82) is 0 Å². The molecule has 0 amide bonds. The lowest BCUT2D eigenvalue weighted by atomic mass is 9.86. The molecule has 1 unspecified atom stereocenters. The quantitative estimate of drug-likeness (QED) is 0.651. The van der Waals surface area contributed by atoms with Crippen molar-refractivity contribution in [2.45, 2.75) is 40.5 Å². The second kappa shape index (κ2) is 7.25. The average Bonchev–Trinajstić information content (AvgIpc) is 2.31. The molecule has 1 aliphatic rings. The minimum Gasteiger partial charge on any atom is -0.303 e. The van der Waals surface area contributed by atoms with Crippen LogP contribution in [-0.2, 0) is 4.79 Å². The third kappa shape index (κ3) is 5.07. The predicted octanol–water partition coefficient (Wildman–Crippen LogP) is 2.27. The number of aldehydes is 1. The second-order valence-electron chi connectivity index (χ2n) is 6.49. The molecule has 0 saturated carbocycles. The molecule has 106 valence electrons. The molecular weight excluding hydrogens is 224 g/mol. The third-order valence-electron chi connectivity index (χ3n) is 3.78. The van der Waals surface area contributed by atoms with Gasteiger partial charge in [0.15, 0.2) is 0 Å². The molecule has 0 N–H and O–H groups in total. The molecule has 1 fully saturated rings. The number of rotatable bonds is 7. The van der Waals surface area contributed by atoms with Crippen molar-refractivity contribution in [3.8, 4) is 0 Å². The highest BCUT2D eigenvalue weighted by atomic mass is 16.1. The van der Waals surface area contributed by atoms with Gasteiger partial charge in [-0.05, 0) is 12.3 Å². The molecule has 18 heavy (non-hydrogen) atoms. The van der Waals surface area contributed by atoms with Gasteiger partial charge in [0.25, 0.3) is 0 Å². The first-order chi connectivity index (χ1) is 8.49. The standard InChI is InChI=1S/C15H30N2O/c1-5-6-15(4,13-18)12-17-9-7-16(8-10-17)11-14(2)3/h13-14H,5-12H2,1-4H3. The van der Waals surface area contributed by atoms with E-state index in [1.54, 1.807) is 0 Å².